The maximum absolute atomic E-state index is 12.6. The van der Waals surface area contributed by atoms with Crippen LogP contribution in [0.25, 0.3) is 0 Å². The number of halogens is 3. The number of rotatable bonds is 3. The summed E-state index contributed by atoms with van der Waals surface area (Å²) in [5.41, 5.74) is -1.02. The topological polar surface area (TPSA) is 30.0 Å². The summed E-state index contributed by atoms with van der Waals surface area (Å²) in [5.74, 6) is -1.06. The van der Waals surface area contributed by atoms with Gasteiger partial charge in [-0.15, -0.1) is 0 Å². The molecule has 0 spiro atoms. The number of hydrogen-bond acceptors (Lipinski definition) is 2. The van der Waals surface area contributed by atoms with Crippen LogP contribution in [0.4, 0.5) is 13.2 Å². The first kappa shape index (κ1) is 12.7. The first-order chi connectivity index (χ1) is 7.38. The minimum Gasteiger partial charge on any atom is -0.299 e. The van der Waals surface area contributed by atoms with Crippen LogP contribution in [-0.4, -0.2) is 10.8 Å². The number of carbonyl (C=O) groups excluding carboxylic acids is 1. The van der Waals surface area contributed by atoms with E-state index in [1.54, 1.807) is 6.92 Å². The summed E-state index contributed by atoms with van der Waals surface area (Å²) in [4.78, 5) is 15.1. The second kappa shape index (κ2) is 4.63. The van der Waals surface area contributed by atoms with Gasteiger partial charge in [-0.05, 0) is 19.1 Å². The number of alkyl halides is 3. The van der Waals surface area contributed by atoms with Crippen molar-refractivity contribution in [2.24, 2.45) is 0 Å². The van der Waals surface area contributed by atoms with Crippen LogP contribution in [0.1, 0.15) is 37.4 Å². The Labute approximate surface area is 91.5 Å². The van der Waals surface area contributed by atoms with E-state index in [9.17, 15) is 18.0 Å². The van der Waals surface area contributed by atoms with E-state index >= 15 is 0 Å². The number of hydrogen-bond donors (Lipinski definition) is 0. The molecular formula is C11H12F3NO. The molecule has 0 N–H and O–H groups in total. The SMILES string of the molecule is CCC(=O)C(C)c1ncccc1C(F)(F)F. The van der Waals surface area contributed by atoms with Crippen LogP contribution in [0.3, 0.4) is 0 Å². The lowest BCUT2D eigenvalue weighted by Crippen LogP contribution is -2.17. The molecule has 0 fully saturated rings. The third-order valence-electron chi connectivity index (χ3n) is 2.39. The fourth-order valence-electron chi connectivity index (χ4n) is 1.46. The molecule has 0 aliphatic carbocycles. The third kappa shape index (κ3) is 2.59. The molecule has 1 aromatic heterocycles. The molecule has 16 heavy (non-hydrogen) atoms. The molecule has 1 heterocycles. The number of nitrogens with zero attached hydrogens (tertiary/aromatic N) is 1. The molecule has 0 aromatic carbocycles. The average Bonchev–Trinajstić information content (AvgIpc) is 2.26. The van der Waals surface area contributed by atoms with Crippen molar-refractivity contribution in [1.29, 1.82) is 0 Å². The van der Waals surface area contributed by atoms with Gasteiger partial charge in [0, 0.05) is 12.6 Å². The monoisotopic (exact) mass is 231 g/mol. The lowest BCUT2D eigenvalue weighted by Gasteiger charge is -2.15. The Morgan fingerprint density at radius 1 is 1.50 bits per heavy atom. The second-order valence-electron chi connectivity index (χ2n) is 3.48. The van der Waals surface area contributed by atoms with Crippen LogP contribution in [0.5, 0.6) is 0 Å². The molecule has 5 heteroatoms. The van der Waals surface area contributed by atoms with Gasteiger partial charge in [-0.1, -0.05) is 6.92 Å². The van der Waals surface area contributed by atoms with Gasteiger partial charge in [0.15, 0.2) is 0 Å². The largest absolute Gasteiger partial charge is 0.418 e. The van der Waals surface area contributed by atoms with E-state index in [1.165, 1.54) is 19.2 Å². The summed E-state index contributed by atoms with van der Waals surface area (Å²) >= 11 is 0. The van der Waals surface area contributed by atoms with E-state index < -0.39 is 17.7 Å². The van der Waals surface area contributed by atoms with E-state index in [0.717, 1.165) is 6.07 Å². The van der Waals surface area contributed by atoms with Crippen LogP contribution >= 0.6 is 0 Å². The van der Waals surface area contributed by atoms with Crippen molar-refractivity contribution in [2.75, 3.05) is 0 Å². The first-order valence-electron chi connectivity index (χ1n) is 4.92. The maximum atomic E-state index is 12.6. The Morgan fingerprint density at radius 2 is 2.12 bits per heavy atom. The summed E-state index contributed by atoms with van der Waals surface area (Å²) in [5, 5.41) is 0. The number of pyridine rings is 1. The van der Waals surface area contributed by atoms with Gasteiger partial charge in [0.2, 0.25) is 0 Å². The van der Waals surface area contributed by atoms with Gasteiger partial charge in [-0.3, -0.25) is 9.78 Å². The van der Waals surface area contributed by atoms with E-state index in [4.69, 9.17) is 0 Å². The molecule has 0 amide bonds. The zero-order valence-corrected chi connectivity index (χ0v) is 9.01. The lowest BCUT2D eigenvalue weighted by molar-refractivity contribution is -0.138. The summed E-state index contributed by atoms with van der Waals surface area (Å²) in [6, 6.07) is 2.16. The van der Waals surface area contributed by atoms with Gasteiger partial charge in [-0.25, -0.2) is 0 Å². The molecule has 2 nitrogen and oxygen atoms in total. The molecule has 0 saturated heterocycles. The van der Waals surface area contributed by atoms with E-state index in [2.05, 4.69) is 4.98 Å². The normalized spacial score (nSPS) is 13.6. The lowest BCUT2D eigenvalue weighted by atomic mass is 9.96. The highest BCUT2D eigenvalue weighted by Crippen LogP contribution is 2.34. The van der Waals surface area contributed by atoms with E-state index in [-0.39, 0.29) is 17.9 Å². The number of Topliss-reactive ketones (excluding diaryl/α,β-unsaturated/α-hetero) is 1. The van der Waals surface area contributed by atoms with E-state index in [0.29, 0.717) is 0 Å². The highest BCUT2D eigenvalue weighted by molar-refractivity contribution is 5.84. The summed E-state index contributed by atoms with van der Waals surface area (Å²) in [6.45, 7) is 3.07. The van der Waals surface area contributed by atoms with Crippen molar-refractivity contribution in [1.82, 2.24) is 4.98 Å². The van der Waals surface area contributed by atoms with Crippen molar-refractivity contribution in [2.45, 2.75) is 32.4 Å². The Balaban J connectivity index is 3.19. The zero-order chi connectivity index (χ0) is 12.3. The maximum Gasteiger partial charge on any atom is 0.418 e. The Hall–Kier alpha value is -1.39. The Kier molecular flexibility index (Phi) is 3.67. The van der Waals surface area contributed by atoms with Crippen molar-refractivity contribution in [3.8, 4) is 0 Å². The zero-order valence-electron chi connectivity index (χ0n) is 9.01. The fourth-order valence-corrected chi connectivity index (χ4v) is 1.46. The summed E-state index contributed by atoms with van der Waals surface area (Å²) in [7, 11) is 0. The predicted molar refractivity (Wildman–Crippen MR) is 53.0 cm³/mol. The predicted octanol–water partition coefficient (Wildman–Crippen LogP) is 3.18. The molecule has 0 aliphatic heterocycles. The number of carbonyl (C=O) groups is 1. The first-order valence-corrected chi connectivity index (χ1v) is 4.92. The highest BCUT2D eigenvalue weighted by atomic mass is 19.4. The van der Waals surface area contributed by atoms with Crippen LogP contribution in [-0.2, 0) is 11.0 Å². The Bertz CT molecular complexity index is 387. The van der Waals surface area contributed by atoms with Crippen LogP contribution in [0.2, 0.25) is 0 Å². The second-order valence-corrected chi connectivity index (χ2v) is 3.48. The number of aromatic nitrogens is 1. The Morgan fingerprint density at radius 3 is 2.62 bits per heavy atom. The highest BCUT2D eigenvalue weighted by Gasteiger charge is 2.36. The summed E-state index contributed by atoms with van der Waals surface area (Å²) < 4.78 is 37.9. The minimum atomic E-state index is -4.47. The van der Waals surface area contributed by atoms with Crippen LogP contribution < -0.4 is 0 Å². The molecule has 0 bridgehead atoms. The molecule has 1 unspecified atom stereocenters. The molecular weight excluding hydrogens is 219 g/mol. The molecule has 0 saturated carbocycles. The van der Waals surface area contributed by atoms with Gasteiger partial charge in [0.1, 0.15) is 5.78 Å². The summed E-state index contributed by atoms with van der Waals surface area (Å²) in [6.07, 6.45) is -3.00. The fraction of sp³-hybridized carbons (Fsp3) is 0.455. The smallest absolute Gasteiger partial charge is 0.299 e. The average molecular weight is 231 g/mol. The van der Waals surface area contributed by atoms with Crippen molar-refractivity contribution < 1.29 is 18.0 Å². The third-order valence-corrected chi connectivity index (χ3v) is 2.39. The molecule has 88 valence electrons. The van der Waals surface area contributed by atoms with E-state index in [1.807, 2.05) is 0 Å². The molecule has 1 atom stereocenters. The molecule has 0 aliphatic rings. The van der Waals surface area contributed by atoms with Crippen LogP contribution in [0, 0.1) is 0 Å². The van der Waals surface area contributed by atoms with Gasteiger partial charge in [-0.2, -0.15) is 13.2 Å². The van der Waals surface area contributed by atoms with Crippen LogP contribution in [0.15, 0.2) is 18.3 Å². The molecule has 1 rings (SSSR count). The molecule has 1 aromatic rings. The van der Waals surface area contributed by atoms with Crippen molar-refractivity contribution in [3.63, 3.8) is 0 Å². The van der Waals surface area contributed by atoms with Crippen molar-refractivity contribution >= 4 is 5.78 Å². The van der Waals surface area contributed by atoms with Crippen molar-refractivity contribution in [3.05, 3.63) is 29.6 Å². The van der Waals surface area contributed by atoms with Gasteiger partial charge >= 0.3 is 6.18 Å². The quantitative estimate of drug-likeness (QED) is 0.799. The number of ketones is 1. The van der Waals surface area contributed by atoms with Gasteiger partial charge < -0.3 is 0 Å². The van der Waals surface area contributed by atoms with Gasteiger partial charge in [0.05, 0.1) is 17.2 Å². The standard InChI is InChI=1S/C11H12F3NO/c1-3-9(16)7(2)10-8(11(12,13)14)5-4-6-15-10/h4-7H,3H2,1-2H3. The minimum absolute atomic E-state index is 0.193. The molecule has 0 radical (unpaired) electrons. The van der Waals surface area contributed by atoms with Gasteiger partial charge in [0.25, 0.3) is 0 Å².